The van der Waals surface area contributed by atoms with Crippen molar-refractivity contribution in [2.45, 2.75) is 11.7 Å². The Morgan fingerprint density at radius 1 is 0.963 bits per heavy atom. The number of aromatic nitrogens is 2. The number of nitrogens with zero attached hydrogens (tertiary/aromatic N) is 5. The maximum absolute atomic E-state index is 12.7. The summed E-state index contributed by atoms with van der Waals surface area (Å²) in [6.45, 7) is 0. The topological polar surface area (TPSA) is 87.9 Å². The van der Waals surface area contributed by atoms with Gasteiger partial charge in [-0.05, 0) is 12.1 Å². The van der Waals surface area contributed by atoms with Crippen molar-refractivity contribution < 1.29 is 34.8 Å². The third-order valence-electron chi connectivity index (χ3n) is 3.09. The monoisotopic (exact) mass is 413 g/mol. The van der Waals surface area contributed by atoms with Gasteiger partial charge in [-0.1, -0.05) is 12.1 Å². The fourth-order valence-corrected chi connectivity index (χ4v) is 2.44. The molecular weight excluding hydrogens is 404 g/mol. The van der Waals surface area contributed by atoms with E-state index in [0.29, 0.717) is 19.4 Å². The summed E-state index contributed by atoms with van der Waals surface area (Å²) in [6.07, 6.45) is -3.75. The van der Waals surface area contributed by atoms with E-state index >= 15 is 0 Å². The molecule has 0 aliphatic carbocycles. The molecule has 0 aliphatic heterocycles. The molecule has 0 unspecified atom stereocenters. The second-order valence-electron chi connectivity index (χ2n) is 4.88. The summed E-state index contributed by atoms with van der Waals surface area (Å²) in [6, 6.07) is 4.82. The van der Waals surface area contributed by atoms with E-state index in [0.717, 1.165) is 12.1 Å². The Morgan fingerprint density at radius 2 is 1.52 bits per heavy atom. The lowest BCUT2D eigenvalue weighted by Gasteiger charge is -2.21. The minimum Gasteiger partial charge on any atom is -0.264 e. The van der Waals surface area contributed by atoms with Gasteiger partial charge in [-0.2, -0.15) is 34.8 Å². The van der Waals surface area contributed by atoms with E-state index in [1.165, 1.54) is 12.1 Å². The Morgan fingerprint density at radius 3 is 2.04 bits per heavy atom. The summed E-state index contributed by atoms with van der Waals surface area (Å²) in [7, 11) is -5.01. The van der Waals surface area contributed by atoms with Crippen LogP contribution in [-0.2, 0) is 16.2 Å². The quantitative estimate of drug-likeness (QED) is 0.555. The van der Waals surface area contributed by atoms with E-state index in [4.69, 9.17) is 0 Å². The van der Waals surface area contributed by atoms with Crippen LogP contribution in [0.5, 0.6) is 0 Å². The van der Waals surface area contributed by atoms with Crippen molar-refractivity contribution in [1.82, 2.24) is 9.97 Å². The Balaban J connectivity index is 2.35. The van der Waals surface area contributed by atoms with Gasteiger partial charge in [0.25, 0.3) is 5.95 Å². The Kier molecular flexibility index (Phi) is 5.40. The predicted molar refractivity (Wildman–Crippen MR) is 81.0 cm³/mol. The molecule has 0 saturated heterocycles. The third-order valence-corrected chi connectivity index (χ3v) is 4.59. The van der Waals surface area contributed by atoms with E-state index in [1.54, 1.807) is 0 Å². The average molecular weight is 413 g/mol. The van der Waals surface area contributed by atoms with Gasteiger partial charge in [-0.25, -0.2) is 9.97 Å². The van der Waals surface area contributed by atoms with Crippen LogP contribution < -0.4 is 4.31 Å². The normalized spacial score (nSPS) is 13.1. The molecule has 0 N–H and O–H groups in total. The van der Waals surface area contributed by atoms with Crippen molar-refractivity contribution in [2.24, 2.45) is 10.2 Å². The number of hydrogen-bond acceptors (Lipinski definition) is 6. The van der Waals surface area contributed by atoms with Gasteiger partial charge >= 0.3 is 21.7 Å². The molecule has 2 aromatic rings. The van der Waals surface area contributed by atoms with Crippen LogP contribution >= 0.6 is 0 Å². The molecule has 14 heteroatoms. The van der Waals surface area contributed by atoms with Crippen molar-refractivity contribution in [3.05, 3.63) is 42.2 Å². The largest absolute Gasteiger partial charge is 0.516 e. The fraction of sp³-hybridized carbons (Fsp3) is 0.231. The van der Waals surface area contributed by atoms with Crippen LogP contribution in [0, 0.1) is 0 Å². The molecule has 0 radical (unpaired) electrons. The van der Waals surface area contributed by atoms with Crippen LogP contribution in [0.25, 0.3) is 0 Å². The minimum absolute atomic E-state index is 0.0328. The predicted octanol–water partition coefficient (Wildman–Crippen LogP) is 4.20. The van der Waals surface area contributed by atoms with Crippen molar-refractivity contribution in [2.75, 3.05) is 11.4 Å². The summed E-state index contributed by atoms with van der Waals surface area (Å²) in [5.41, 5.74) is -7.41. The zero-order valence-electron chi connectivity index (χ0n) is 13.2. The highest BCUT2D eigenvalue weighted by Crippen LogP contribution is 2.35. The number of halogens is 6. The van der Waals surface area contributed by atoms with E-state index in [9.17, 15) is 34.8 Å². The molecule has 1 aromatic carbocycles. The number of benzene rings is 1. The Labute approximate surface area is 148 Å². The highest BCUT2D eigenvalue weighted by Gasteiger charge is 2.49. The summed E-state index contributed by atoms with van der Waals surface area (Å²) >= 11 is 0. The van der Waals surface area contributed by atoms with Crippen LogP contribution in [0.3, 0.4) is 0 Å². The summed E-state index contributed by atoms with van der Waals surface area (Å²) in [5.74, 6) is -0.501. The molecule has 146 valence electrons. The summed E-state index contributed by atoms with van der Waals surface area (Å²) in [5, 5.41) is 6.95. The molecule has 1 heterocycles. The average Bonchev–Trinajstić information content (AvgIpc) is 2.58. The molecule has 0 aliphatic rings. The van der Waals surface area contributed by atoms with E-state index in [-0.39, 0.29) is 9.99 Å². The lowest BCUT2D eigenvalue weighted by atomic mass is 10.3. The van der Waals surface area contributed by atoms with Crippen molar-refractivity contribution >= 4 is 27.3 Å². The first kappa shape index (κ1) is 20.5. The molecule has 0 spiro atoms. The van der Waals surface area contributed by atoms with Gasteiger partial charge in [0, 0.05) is 19.4 Å². The molecule has 0 amide bonds. The highest BCUT2D eigenvalue weighted by molar-refractivity contribution is 7.93. The van der Waals surface area contributed by atoms with Crippen LogP contribution in [0.1, 0.15) is 5.56 Å². The van der Waals surface area contributed by atoms with Crippen LogP contribution in [0.4, 0.5) is 43.7 Å². The molecular formula is C13H9F6N5O2S. The maximum Gasteiger partial charge on any atom is 0.516 e. The third kappa shape index (κ3) is 4.50. The standard InChI is InChI=1S/C13H9F6N5O2S/c1-24(27(25,26)13(17,18)19)10-5-3-2-4-9(10)22-23-11-20-6-8(7-21-11)12(14,15)16/h2-7H,1H3. The van der Waals surface area contributed by atoms with E-state index in [2.05, 4.69) is 20.2 Å². The molecule has 2 rings (SSSR count). The van der Waals surface area contributed by atoms with Crippen LogP contribution in [0.15, 0.2) is 46.9 Å². The molecule has 7 nitrogen and oxygen atoms in total. The molecule has 27 heavy (non-hydrogen) atoms. The minimum atomic E-state index is -5.68. The van der Waals surface area contributed by atoms with Gasteiger partial charge < -0.3 is 0 Å². The molecule has 1 aromatic heterocycles. The Bertz CT molecular complexity index is 941. The first-order valence-electron chi connectivity index (χ1n) is 6.79. The SMILES string of the molecule is CN(c1ccccc1N=Nc1ncc(C(F)(F)F)cn1)S(=O)(=O)C(F)(F)F. The summed E-state index contributed by atoms with van der Waals surface area (Å²) in [4.78, 5) is 6.64. The first-order valence-corrected chi connectivity index (χ1v) is 8.23. The van der Waals surface area contributed by atoms with Crippen molar-refractivity contribution in [3.8, 4) is 0 Å². The molecule has 0 saturated carbocycles. The van der Waals surface area contributed by atoms with Gasteiger partial charge in [0.15, 0.2) is 0 Å². The van der Waals surface area contributed by atoms with E-state index < -0.39 is 38.9 Å². The number of alkyl halides is 6. The number of para-hydroxylation sites is 1. The first-order chi connectivity index (χ1) is 12.3. The number of azo groups is 1. The number of rotatable bonds is 4. The molecule has 0 fully saturated rings. The van der Waals surface area contributed by atoms with Gasteiger partial charge in [0.05, 0.1) is 11.3 Å². The van der Waals surface area contributed by atoms with Gasteiger partial charge in [-0.15, -0.1) is 10.2 Å². The maximum atomic E-state index is 12.7. The fourth-order valence-electron chi connectivity index (χ4n) is 1.72. The van der Waals surface area contributed by atoms with Crippen molar-refractivity contribution in [3.63, 3.8) is 0 Å². The zero-order chi connectivity index (χ0) is 20.5. The number of hydrogen-bond donors (Lipinski definition) is 0. The lowest BCUT2D eigenvalue weighted by Crippen LogP contribution is -2.38. The van der Waals surface area contributed by atoms with Gasteiger partial charge in [-0.3, -0.25) is 4.31 Å². The second-order valence-corrected chi connectivity index (χ2v) is 6.84. The second kappa shape index (κ2) is 7.09. The highest BCUT2D eigenvalue weighted by atomic mass is 32.2. The van der Waals surface area contributed by atoms with Gasteiger partial charge in [0.1, 0.15) is 5.69 Å². The van der Waals surface area contributed by atoms with Crippen molar-refractivity contribution in [1.29, 1.82) is 0 Å². The van der Waals surface area contributed by atoms with Crippen LogP contribution in [-0.4, -0.2) is 30.9 Å². The molecule has 0 atom stereocenters. The lowest BCUT2D eigenvalue weighted by molar-refractivity contribution is -0.138. The number of sulfonamides is 1. The van der Waals surface area contributed by atoms with Crippen LogP contribution in [0.2, 0.25) is 0 Å². The van der Waals surface area contributed by atoms with Gasteiger partial charge in [0.2, 0.25) is 0 Å². The molecule has 0 bridgehead atoms. The smallest absolute Gasteiger partial charge is 0.264 e. The summed E-state index contributed by atoms with van der Waals surface area (Å²) < 4.78 is 98.4. The number of anilines is 1. The zero-order valence-corrected chi connectivity index (χ0v) is 14.0. The van der Waals surface area contributed by atoms with E-state index in [1.807, 2.05) is 0 Å². The Hall–Kier alpha value is -2.77.